The second-order valence-corrected chi connectivity index (χ2v) is 17.0. The first-order valence-electron chi connectivity index (χ1n) is 20.3. The minimum absolute atomic E-state index is 0.0812. The number of nitrogens with zero attached hydrogens (tertiary/aromatic N) is 2. The van der Waals surface area contributed by atoms with Gasteiger partial charge in [-0.3, -0.25) is 24.1 Å². The van der Waals surface area contributed by atoms with Gasteiger partial charge >= 0.3 is 0 Å². The van der Waals surface area contributed by atoms with Gasteiger partial charge in [-0.25, -0.2) is 4.90 Å². The Morgan fingerprint density at radius 3 is 1.47 bits per heavy atom. The van der Waals surface area contributed by atoms with Gasteiger partial charge in [0.1, 0.15) is 23.0 Å². The zero-order valence-electron chi connectivity index (χ0n) is 34.8. The van der Waals surface area contributed by atoms with Gasteiger partial charge in [0.15, 0.2) is 0 Å². The normalized spacial score (nSPS) is 15.1. The lowest BCUT2D eigenvalue weighted by molar-refractivity contribution is 0.0423. The average molecular weight is 777 g/mol. The molecule has 0 radical (unpaired) electrons. The second kappa shape index (κ2) is 15.4. The van der Waals surface area contributed by atoms with Crippen molar-refractivity contribution in [3.63, 3.8) is 0 Å². The summed E-state index contributed by atoms with van der Waals surface area (Å²) in [5.74, 6) is 0.955. The Kier molecular flexibility index (Phi) is 10.7. The van der Waals surface area contributed by atoms with Crippen LogP contribution in [0.4, 0.5) is 5.69 Å². The molecule has 0 saturated heterocycles. The number of imide groups is 2. The minimum Gasteiger partial charge on any atom is -0.457 e. The number of hydrogen-bond donors (Lipinski definition) is 0. The van der Waals surface area contributed by atoms with Crippen LogP contribution in [0.5, 0.6) is 23.0 Å². The standard InChI is InChI=1S/C50H52N2O6/c1-9-27-48(4,5)34-13-12-14-35(29-34)51-44(53)40-25-23-38(30-42(40)45(51)54)57-36-19-15-32(16-20-36)49(6,7)33-17-21-37(22-18-33)58-39-24-26-41-43(31-39)47(56)52(46(41)55)50(8,11-3)28-10-2/h12-26,29-31H,9-11,27-28H2,1-8H3. The Morgan fingerprint density at radius 2 is 0.948 bits per heavy atom. The lowest BCUT2D eigenvalue weighted by Gasteiger charge is -2.36. The highest BCUT2D eigenvalue weighted by Gasteiger charge is 2.45. The first kappa shape index (κ1) is 40.2. The van der Waals surface area contributed by atoms with Crippen LogP contribution in [0.2, 0.25) is 0 Å². The lowest BCUT2D eigenvalue weighted by Crippen LogP contribution is -2.49. The molecule has 1 unspecified atom stereocenters. The number of carbonyl (C=O) groups is 4. The average Bonchev–Trinajstić information content (AvgIpc) is 3.61. The van der Waals surface area contributed by atoms with Crippen LogP contribution in [0.25, 0.3) is 0 Å². The minimum atomic E-state index is -0.534. The summed E-state index contributed by atoms with van der Waals surface area (Å²) in [5, 5.41) is 0. The third kappa shape index (κ3) is 7.21. The van der Waals surface area contributed by atoms with Crippen molar-refractivity contribution >= 4 is 29.3 Å². The summed E-state index contributed by atoms with van der Waals surface area (Å²) >= 11 is 0. The number of ether oxygens (including phenoxy) is 2. The van der Waals surface area contributed by atoms with Crippen LogP contribution in [-0.4, -0.2) is 34.1 Å². The molecule has 1 atom stereocenters. The van der Waals surface area contributed by atoms with Gasteiger partial charge in [0, 0.05) is 11.0 Å². The van der Waals surface area contributed by atoms with Crippen LogP contribution in [0.15, 0.2) is 109 Å². The molecule has 0 fully saturated rings. The summed E-state index contributed by atoms with van der Waals surface area (Å²) < 4.78 is 12.4. The van der Waals surface area contributed by atoms with E-state index in [1.54, 1.807) is 36.4 Å². The second-order valence-electron chi connectivity index (χ2n) is 17.0. The quantitative estimate of drug-likeness (QED) is 0.104. The van der Waals surface area contributed by atoms with E-state index in [1.165, 1.54) is 9.80 Å². The van der Waals surface area contributed by atoms with E-state index < -0.39 is 5.54 Å². The molecule has 0 aromatic heterocycles. The molecule has 2 aliphatic rings. The number of carbonyl (C=O) groups excluding carboxylic acids is 4. The van der Waals surface area contributed by atoms with E-state index in [0.717, 1.165) is 42.4 Å². The molecule has 0 saturated carbocycles. The molecule has 298 valence electrons. The molecule has 0 bridgehead atoms. The van der Waals surface area contributed by atoms with E-state index in [9.17, 15) is 19.2 Å². The number of anilines is 1. The van der Waals surface area contributed by atoms with Crippen molar-refractivity contribution in [1.29, 1.82) is 0 Å². The number of fused-ring (bicyclic) bond motifs is 2. The molecule has 0 N–H and O–H groups in total. The zero-order valence-corrected chi connectivity index (χ0v) is 34.8. The summed E-state index contributed by atoms with van der Waals surface area (Å²) in [7, 11) is 0. The molecule has 58 heavy (non-hydrogen) atoms. The Bertz CT molecular complexity index is 2410. The number of hydrogen-bond acceptors (Lipinski definition) is 6. The topological polar surface area (TPSA) is 93.2 Å². The lowest BCUT2D eigenvalue weighted by atomic mass is 9.78. The molecule has 2 aliphatic heterocycles. The van der Waals surface area contributed by atoms with Crippen LogP contribution >= 0.6 is 0 Å². The Balaban J connectivity index is 1.02. The summed E-state index contributed by atoms with van der Waals surface area (Å²) in [6, 6.07) is 33.5. The molecular weight excluding hydrogens is 725 g/mol. The zero-order chi connectivity index (χ0) is 41.6. The van der Waals surface area contributed by atoms with Crippen molar-refractivity contribution in [1.82, 2.24) is 4.90 Å². The van der Waals surface area contributed by atoms with Crippen molar-refractivity contribution in [2.24, 2.45) is 0 Å². The van der Waals surface area contributed by atoms with E-state index in [1.807, 2.05) is 80.6 Å². The first-order valence-corrected chi connectivity index (χ1v) is 20.3. The van der Waals surface area contributed by atoms with Crippen LogP contribution in [-0.2, 0) is 10.8 Å². The fourth-order valence-electron chi connectivity index (χ4n) is 8.43. The molecule has 8 heteroatoms. The van der Waals surface area contributed by atoms with Crippen LogP contribution < -0.4 is 14.4 Å². The molecule has 5 aromatic rings. The molecule has 7 rings (SSSR count). The molecular formula is C50H52N2O6. The molecule has 8 nitrogen and oxygen atoms in total. The van der Waals surface area contributed by atoms with Crippen molar-refractivity contribution in [2.45, 2.75) is 104 Å². The molecule has 5 aromatic carbocycles. The number of rotatable bonds is 14. The van der Waals surface area contributed by atoms with E-state index in [2.05, 4.69) is 47.6 Å². The van der Waals surface area contributed by atoms with Gasteiger partial charge < -0.3 is 9.47 Å². The van der Waals surface area contributed by atoms with Gasteiger partial charge in [-0.05, 0) is 121 Å². The maximum Gasteiger partial charge on any atom is 0.266 e. The predicted molar refractivity (Wildman–Crippen MR) is 228 cm³/mol. The number of amides is 4. The molecule has 0 spiro atoms. The molecule has 2 heterocycles. The fraction of sp³-hybridized carbons (Fsp3) is 0.320. The van der Waals surface area contributed by atoms with Crippen molar-refractivity contribution < 1.29 is 28.7 Å². The highest BCUT2D eigenvalue weighted by Crippen LogP contribution is 2.39. The maximum absolute atomic E-state index is 13.6. The largest absolute Gasteiger partial charge is 0.457 e. The SMILES string of the molecule is CCCC(C)(C)c1cccc(N2C(=O)c3ccc(Oc4ccc(C(C)(C)c5ccc(Oc6ccc7c(c6)C(=O)N(C(C)(CC)CCC)C7=O)cc5)cc4)cc3C2=O)c1. The maximum atomic E-state index is 13.6. The van der Waals surface area contributed by atoms with Crippen molar-refractivity contribution in [2.75, 3.05) is 4.90 Å². The Labute approximate surface area is 341 Å². The van der Waals surface area contributed by atoms with E-state index >= 15 is 0 Å². The monoisotopic (exact) mass is 776 g/mol. The van der Waals surface area contributed by atoms with E-state index in [-0.39, 0.29) is 34.5 Å². The van der Waals surface area contributed by atoms with Gasteiger partial charge in [-0.1, -0.05) is 97.7 Å². The van der Waals surface area contributed by atoms with E-state index in [0.29, 0.717) is 57.4 Å². The van der Waals surface area contributed by atoms with E-state index in [4.69, 9.17) is 9.47 Å². The summed E-state index contributed by atoms with van der Waals surface area (Å²) in [4.78, 5) is 56.6. The van der Waals surface area contributed by atoms with Gasteiger partial charge in [0.25, 0.3) is 23.6 Å². The molecule has 0 aliphatic carbocycles. The van der Waals surface area contributed by atoms with Crippen LogP contribution in [0.3, 0.4) is 0 Å². The third-order valence-electron chi connectivity index (χ3n) is 12.2. The van der Waals surface area contributed by atoms with Gasteiger partial charge in [-0.15, -0.1) is 0 Å². The Hall–Kier alpha value is -6.02. The summed E-state index contributed by atoms with van der Waals surface area (Å²) in [6.07, 6.45) is 4.33. The van der Waals surface area contributed by atoms with Crippen molar-refractivity contribution in [3.8, 4) is 23.0 Å². The van der Waals surface area contributed by atoms with Crippen LogP contribution in [0.1, 0.15) is 146 Å². The molecule has 4 amide bonds. The smallest absolute Gasteiger partial charge is 0.266 e. The summed E-state index contributed by atoms with van der Waals surface area (Å²) in [5.41, 5.74) is 4.28. The summed E-state index contributed by atoms with van der Waals surface area (Å²) in [6.45, 7) is 16.9. The fourth-order valence-corrected chi connectivity index (χ4v) is 8.43. The number of benzene rings is 5. The highest BCUT2D eigenvalue weighted by atomic mass is 16.5. The Morgan fingerprint density at radius 1 is 0.483 bits per heavy atom. The van der Waals surface area contributed by atoms with Gasteiger partial charge in [-0.2, -0.15) is 0 Å². The third-order valence-corrected chi connectivity index (χ3v) is 12.2. The predicted octanol–water partition coefficient (Wildman–Crippen LogP) is 12.0. The first-order chi connectivity index (χ1) is 27.6. The van der Waals surface area contributed by atoms with Gasteiger partial charge in [0.2, 0.25) is 0 Å². The van der Waals surface area contributed by atoms with Crippen molar-refractivity contribution in [3.05, 3.63) is 148 Å². The van der Waals surface area contributed by atoms with Gasteiger partial charge in [0.05, 0.1) is 27.9 Å². The highest BCUT2D eigenvalue weighted by molar-refractivity contribution is 6.34. The van der Waals surface area contributed by atoms with Crippen LogP contribution in [0, 0.1) is 0 Å².